The molecule has 0 spiro atoms. The van der Waals surface area contributed by atoms with Gasteiger partial charge in [-0.25, -0.2) is 9.82 Å². The number of rotatable bonds is 9. The topological polar surface area (TPSA) is 60.2 Å². The molecule has 0 radical (unpaired) electrons. The molecule has 0 saturated heterocycles. The molecule has 1 aromatic carbocycles. The van der Waals surface area contributed by atoms with Crippen molar-refractivity contribution in [3.05, 3.63) is 35.8 Å². The van der Waals surface area contributed by atoms with Crippen molar-refractivity contribution in [3.8, 4) is 0 Å². The number of fused-ring (bicyclic) bond motifs is 1. The molecule has 3 atom stereocenters. The number of amides is 1. The number of H-pyrrole nitrogens is 1. The molecule has 142 valence electrons. The van der Waals surface area contributed by atoms with Gasteiger partial charge in [0.05, 0.1) is 6.04 Å². The highest BCUT2D eigenvalue weighted by Gasteiger charge is 2.40. The number of benzene rings is 1. The van der Waals surface area contributed by atoms with Gasteiger partial charge in [0, 0.05) is 30.7 Å². The molecule has 3 N–H and O–H groups in total. The molecule has 0 aliphatic heterocycles. The van der Waals surface area contributed by atoms with E-state index in [1.54, 1.807) is 24.2 Å². The Kier molecular flexibility index (Phi) is 5.94. The summed E-state index contributed by atoms with van der Waals surface area (Å²) in [6.07, 6.45) is 4.76. The van der Waals surface area contributed by atoms with Crippen molar-refractivity contribution in [1.82, 2.24) is 20.7 Å². The Bertz CT molecular complexity index is 759. The Labute approximate surface area is 154 Å². The second-order valence-corrected chi connectivity index (χ2v) is 7.12. The molecule has 2 aromatic rings. The predicted molar refractivity (Wildman–Crippen MR) is 102 cm³/mol. The van der Waals surface area contributed by atoms with Crippen LogP contribution in [-0.4, -0.2) is 42.1 Å². The van der Waals surface area contributed by atoms with E-state index in [9.17, 15) is 9.18 Å². The second-order valence-electron chi connectivity index (χ2n) is 7.12. The average molecular weight is 360 g/mol. The molecular formula is C20H29FN4O. The minimum Gasteiger partial charge on any atom is -0.361 e. The highest BCUT2D eigenvalue weighted by molar-refractivity contribution is 5.84. The summed E-state index contributed by atoms with van der Waals surface area (Å²) in [6.45, 7) is 5.61. The molecular weight excluding hydrogens is 331 g/mol. The summed E-state index contributed by atoms with van der Waals surface area (Å²) in [6, 6.07) is 4.71. The van der Waals surface area contributed by atoms with E-state index < -0.39 is 0 Å². The molecule has 1 heterocycles. The fourth-order valence-corrected chi connectivity index (χ4v) is 3.72. The van der Waals surface area contributed by atoms with Crippen molar-refractivity contribution < 1.29 is 9.18 Å². The lowest BCUT2D eigenvalue weighted by Crippen LogP contribution is -2.51. The maximum Gasteiger partial charge on any atom is 0.253 e. The van der Waals surface area contributed by atoms with Crippen molar-refractivity contribution in [1.29, 1.82) is 0 Å². The number of hydrazine groups is 1. The first kappa shape index (κ1) is 18.9. The third kappa shape index (κ3) is 3.91. The Morgan fingerprint density at radius 3 is 2.92 bits per heavy atom. The third-order valence-corrected chi connectivity index (χ3v) is 5.31. The normalized spacial score (nSPS) is 20.3. The number of aromatic nitrogens is 1. The van der Waals surface area contributed by atoms with E-state index >= 15 is 0 Å². The van der Waals surface area contributed by atoms with E-state index in [2.05, 4.69) is 22.7 Å². The second kappa shape index (κ2) is 8.18. The van der Waals surface area contributed by atoms with Crippen LogP contribution in [0, 0.1) is 11.7 Å². The molecule has 1 aromatic heterocycles. The number of nitrogens with one attached hydrogen (secondary N) is 3. The van der Waals surface area contributed by atoms with Crippen molar-refractivity contribution >= 4 is 16.8 Å². The summed E-state index contributed by atoms with van der Waals surface area (Å²) < 4.78 is 13.6. The minimum absolute atomic E-state index is 0.100. The van der Waals surface area contributed by atoms with Crippen molar-refractivity contribution in [2.75, 3.05) is 20.1 Å². The summed E-state index contributed by atoms with van der Waals surface area (Å²) in [7, 11) is 1.79. The van der Waals surface area contributed by atoms with Gasteiger partial charge in [-0.05, 0) is 61.4 Å². The zero-order chi connectivity index (χ0) is 18.7. The van der Waals surface area contributed by atoms with E-state index in [0.717, 1.165) is 36.7 Å². The molecule has 26 heavy (non-hydrogen) atoms. The molecule has 1 fully saturated rings. The van der Waals surface area contributed by atoms with Crippen LogP contribution in [0.15, 0.2) is 24.4 Å². The molecule has 5 nitrogen and oxygen atoms in total. The highest BCUT2D eigenvalue weighted by atomic mass is 19.1. The molecule has 1 aliphatic carbocycles. The van der Waals surface area contributed by atoms with Crippen LogP contribution in [0.1, 0.15) is 44.6 Å². The molecule has 1 saturated carbocycles. The lowest BCUT2D eigenvalue weighted by atomic mass is 10.1. The van der Waals surface area contributed by atoms with E-state index in [-0.39, 0.29) is 17.8 Å². The van der Waals surface area contributed by atoms with Gasteiger partial charge in [-0.3, -0.25) is 9.80 Å². The molecule has 1 amide bonds. The van der Waals surface area contributed by atoms with Gasteiger partial charge in [-0.2, -0.15) is 0 Å². The van der Waals surface area contributed by atoms with Crippen LogP contribution in [0.2, 0.25) is 0 Å². The Morgan fingerprint density at radius 2 is 2.23 bits per heavy atom. The van der Waals surface area contributed by atoms with E-state index in [1.807, 2.05) is 13.1 Å². The van der Waals surface area contributed by atoms with Gasteiger partial charge in [0.2, 0.25) is 0 Å². The lowest BCUT2D eigenvalue weighted by Gasteiger charge is -2.26. The number of hydrogen-bond donors (Lipinski definition) is 3. The number of carbonyl (C=O) groups is 1. The van der Waals surface area contributed by atoms with Crippen molar-refractivity contribution in [2.24, 2.45) is 5.92 Å². The van der Waals surface area contributed by atoms with Crippen LogP contribution < -0.4 is 10.7 Å². The molecule has 6 heteroatoms. The highest BCUT2D eigenvalue weighted by Crippen LogP contribution is 2.49. The van der Waals surface area contributed by atoms with Crippen molar-refractivity contribution in [3.63, 3.8) is 0 Å². The monoisotopic (exact) mass is 360 g/mol. The Morgan fingerprint density at radius 1 is 1.42 bits per heavy atom. The maximum absolute atomic E-state index is 13.6. The van der Waals surface area contributed by atoms with Crippen LogP contribution in [0.4, 0.5) is 4.39 Å². The molecule has 3 rings (SSSR count). The van der Waals surface area contributed by atoms with Gasteiger partial charge in [-0.15, -0.1) is 0 Å². The SMILES string of the molecule is CCCN(NC)C(=O)C(CC)NCC1CC1c1c[nH]c2ccc(F)cc12. The van der Waals surface area contributed by atoms with Gasteiger partial charge >= 0.3 is 0 Å². The fourth-order valence-electron chi connectivity index (χ4n) is 3.72. The fraction of sp³-hybridized carbons (Fsp3) is 0.550. The van der Waals surface area contributed by atoms with E-state index in [0.29, 0.717) is 18.4 Å². The van der Waals surface area contributed by atoms with Crippen LogP contribution in [0.5, 0.6) is 0 Å². The average Bonchev–Trinajstić information content (AvgIpc) is 3.29. The third-order valence-electron chi connectivity index (χ3n) is 5.31. The number of hydrogen-bond acceptors (Lipinski definition) is 3. The number of nitrogens with zero attached hydrogens (tertiary/aromatic N) is 1. The first-order valence-corrected chi connectivity index (χ1v) is 9.57. The maximum atomic E-state index is 13.6. The van der Waals surface area contributed by atoms with Gasteiger partial charge < -0.3 is 10.3 Å². The quantitative estimate of drug-likeness (QED) is 0.602. The number of halogens is 1. The number of carbonyl (C=O) groups excluding carboxylic acids is 1. The largest absolute Gasteiger partial charge is 0.361 e. The van der Waals surface area contributed by atoms with Crippen LogP contribution in [0.3, 0.4) is 0 Å². The van der Waals surface area contributed by atoms with Gasteiger partial charge in [0.15, 0.2) is 0 Å². The van der Waals surface area contributed by atoms with Gasteiger partial charge in [0.1, 0.15) is 5.82 Å². The summed E-state index contributed by atoms with van der Waals surface area (Å²) in [5, 5.41) is 6.11. The van der Waals surface area contributed by atoms with E-state index in [4.69, 9.17) is 0 Å². The van der Waals surface area contributed by atoms with Crippen LogP contribution in [0.25, 0.3) is 10.9 Å². The minimum atomic E-state index is -0.201. The molecule has 1 aliphatic rings. The standard InChI is InChI=1S/C20H29FN4O/c1-4-8-25(22-3)20(26)18(5-2)23-11-13-9-15(13)17-12-24-19-7-6-14(21)10-16(17)19/h6-7,10,12-13,15,18,22-24H,4-5,8-9,11H2,1-3H3. The summed E-state index contributed by atoms with van der Waals surface area (Å²) >= 11 is 0. The Hall–Kier alpha value is -1.92. The first-order chi connectivity index (χ1) is 12.6. The van der Waals surface area contributed by atoms with Crippen molar-refractivity contribution in [2.45, 2.75) is 45.1 Å². The summed E-state index contributed by atoms with van der Waals surface area (Å²) in [4.78, 5) is 15.8. The lowest BCUT2D eigenvalue weighted by molar-refractivity contribution is -0.136. The van der Waals surface area contributed by atoms with Gasteiger partial charge in [0.25, 0.3) is 5.91 Å². The zero-order valence-corrected chi connectivity index (χ0v) is 15.8. The summed E-state index contributed by atoms with van der Waals surface area (Å²) in [5.41, 5.74) is 5.15. The first-order valence-electron chi connectivity index (χ1n) is 9.57. The molecule has 0 bridgehead atoms. The summed E-state index contributed by atoms with van der Waals surface area (Å²) in [5.74, 6) is 0.826. The zero-order valence-electron chi connectivity index (χ0n) is 15.8. The Balaban J connectivity index is 1.59. The smallest absolute Gasteiger partial charge is 0.253 e. The van der Waals surface area contributed by atoms with Crippen LogP contribution in [-0.2, 0) is 4.79 Å². The molecule has 3 unspecified atom stereocenters. The van der Waals surface area contributed by atoms with Gasteiger partial charge in [-0.1, -0.05) is 13.8 Å². The predicted octanol–water partition coefficient (Wildman–Crippen LogP) is 3.15. The van der Waals surface area contributed by atoms with E-state index in [1.165, 1.54) is 11.6 Å². The van der Waals surface area contributed by atoms with Crippen LogP contribution >= 0.6 is 0 Å². The number of aromatic amines is 1.